The lowest BCUT2D eigenvalue weighted by Gasteiger charge is -2.33. The van der Waals surface area contributed by atoms with E-state index in [0.29, 0.717) is 19.5 Å². The third-order valence-corrected chi connectivity index (χ3v) is 7.16. The average molecular weight is 377 g/mol. The third-order valence-electron chi connectivity index (χ3n) is 5.24. The molecule has 1 heterocycles. The van der Waals surface area contributed by atoms with Gasteiger partial charge in [0, 0.05) is 13.1 Å². The zero-order chi connectivity index (χ0) is 18.4. The summed E-state index contributed by atoms with van der Waals surface area (Å²) >= 11 is 0. The molecule has 26 heavy (non-hydrogen) atoms. The van der Waals surface area contributed by atoms with Crippen molar-refractivity contribution in [3.05, 3.63) is 42.0 Å². The lowest BCUT2D eigenvalue weighted by atomic mass is 9.97. The summed E-state index contributed by atoms with van der Waals surface area (Å²) in [5, 5.41) is 2.97. The molecule has 3 rings (SSSR count). The third kappa shape index (κ3) is 4.54. The molecule has 1 aliphatic carbocycles. The van der Waals surface area contributed by atoms with Crippen LogP contribution in [0.5, 0.6) is 0 Å². The van der Waals surface area contributed by atoms with Crippen molar-refractivity contribution in [1.82, 2.24) is 9.62 Å². The van der Waals surface area contributed by atoms with E-state index in [0.717, 1.165) is 32.1 Å². The largest absolute Gasteiger partial charge is 0.354 e. The van der Waals surface area contributed by atoms with Gasteiger partial charge in [0.25, 0.3) is 0 Å². The van der Waals surface area contributed by atoms with Crippen LogP contribution in [0, 0.1) is 0 Å². The molecule has 1 aromatic carbocycles. The van der Waals surface area contributed by atoms with Gasteiger partial charge in [0.1, 0.15) is 6.04 Å². The molecule has 1 fully saturated rings. The van der Waals surface area contributed by atoms with Crippen molar-refractivity contribution < 1.29 is 13.2 Å². The van der Waals surface area contributed by atoms with Crippen LogP contribution in [-0.4, -0.2) is 37.8 Å². The van der Waals surface area contributed by atoms with Crippen LogP contribution in [0.25, 0.3) is 0 Å². The number of rotatable bonds is 6. The fourth-order valence-corrected chi connectivity index (χ4v) is 5.46. The van der Waals surface area contributed by atoms with Crippen molar-refractivity contribution >= 4 is 15.9 Å². The molecular weight excluding hydrogens is 348 g/mol. The van der Waals surface area contributed by atoms with Gasteiger partial charge in [0.2, 0.25) is 15.9 Å². The SMILES string of the molecule is O=C(NCCC1=CCCCC1)C1CCCCN1S(=O)(=O)c1ccccc1. The van der Waals surface area contributed by atoms with E-state index in [2.05, 4.69) is 11.4 Å². The molecular formula is C20H28N2O3S. The number of nitrogens with one attached hydrogen (secondary N) is 1. The number of carbonyl (C=O) groups is 1. The first-order valence-corrected chi connectivity index (χ1v) is 11.1. The van der Waals surface area contributed by atoms with Crippen LogP contribution < -0.4 is 5.32 Å². The summed E-state index contributed by atoms with van der Waals surface area (Å²) in [5.41, 5.74) is 1.41. The highest BCUT2D eigenvalue weighted by Crippen LogP contribution is 2.25. The predicted octanol–water partition coefficient (Wildman–Crippen LogP) is 3.24. The van der Waals surface area contributed by atoms with E-state index in [-0.39, 0.29) is 10.8 Å². The molecule has 6 heteroatoms. The van der Waals surface area contributed by atoms with Gasteiger partial charge in [-0.05, 0) is 57.1 Å². The van der Waals surface area contributed by atoms with Gasteiger partial charge < -0.3 is 5.32 Å². The Bertz CT molecular complexity index is 744. The number of piperidine rings is 1. The standard InChI is InChI=1S/C20H28N2O3S/c23-20(21-15-14-17-9-3-1-4-10-17)19-13-7-8-16-22(19)26(24,25)18-11-5-2-6-12-18/h2,5-6,9,11-12,19H,1,3-4,7-8,10,13-16H2,(H,21,23). The van der Waals surface area contributed by atoms with Crippen molar-refractivity contribution in [2.75, 3.05) is 13.1 Å². The van der Waals surface area contributed by atoms with Gasteiger partial charge in [0.05, 0.1) is 4.90 Å². The van der Waals surface area contributed by atoms with Gasteiger partial charge in [-0.15, -0.1) is 0 Å². The monoisotopic (exact) mass is 376 g/mol. The first-order chi connectivity index (χ1) is 12.6. The van der Waals surface area contributed by atoms with Crippen molar-refractivity contribution in [2.45, 2.75) is 62.3 Å². The molecule has 0 bridgehead atoms. The molecule has 1 aliphatic heterocycles. The molecule has 0 saturated carbocycles. The van der Waals surface area contributed by atoms with E-state index in [1.54, 1.807) is 30.3 Å². The molecule has 1 aromatic rings. The van der Waals surface area contributed by atoms with Crippen molar-refractivity contribution in [3.63, 3.8) is 0 Å². The van der Waals surface area contributed by atoms with Crippen LogP contribution in [0.15, 0.2) is 46.9 Å². The second-order valence-corrected chi connectivity index (χ2v) is 8.98. The Labute approximate surface area is 156 Å². The van der Waals surface area contributed by atoms with Crippen LogP contribution in [0.4, 0.5) is 0 Å². The normalized spacial score (nSPS) is 21.8. The molecule has 142 valence electrons. The minimum absolute atomic E-state index is 0.166. The van der Waals surface area contributed by atoms with E-state index in [9.17, 15) is 13.2 Å². The smallest absolute Gasteiger partial charge is 0.243 e. The summed E-state index contributed by atoms with van der Waals surface area (Å²) in [5.74, 6) is -0.166. The Morgan fingerprint density at radius 1 is 1.12 bits per heavy atom. The van der Waals surface area contributed by atoms with Gasteiger partial charge >= 0.3 is 0 Å². The van der Waals surface area contributed by atoms with Crippen LogP contribution in [0.3, 0.4) is 0 Å². The topological polar surface area (TPSA) is 66.5 Å². The van der Waals surface area contributed by atoms with E-state index in [1.807, 2.05) is 0 Å². The number of hydrogen-bond donors (Lipinski definition) is 1. The number of benzene rings is 1. The molecule has 1 unspecified atom stereocenters. The lowest BCUT2D eigenvalue weighted by Crippen LogP contribution is -2.51. The van der Waals surface area contributed by atoms with Crippen LogP contribution >= 0.6 is 0 Å². The number of hydrogen-bond acceptors (Lipinski definition) is 3. The zero-order valence-corrected chi connectivity index (χ0v) is 16.0. The Hall–Kier alpha value is -1.66. The predicted molar refractivity (Wildman–Crippen MR) is 102 cm³/mol. The number of allylic oxidation sites excluding steroid dienone is 1. The van der Waals surface area contributed by atoms with Gasteiger partial charge in [-0.3, -0.25) is 4.79 Å². The van der Waals surface area contributed by atoms with Gasteiger partial charge in [-0.25, -0.2) is 8.42 Å². The molecule has 0 radical (unpaired) electrons. The van der Waals surface area contributed by atoms with Crippen LogP contribution in [0.1, 0.15) is 51.4 Å². The number of carbonyl (C=O) groups excluding carboxylic acids is 1. The van der Waals surface area contributed by atoms with Gasteiger partial charge in [-0.1, -0.05) is 36.3 Å². The first-order valence-electron chi connectivity index (χ1n) is 9.61. The fraction of sp³-hybridized carbons (Fsp3) is 0.550. The van der Waals surface area contributed by atoms with Crippen molar-refractivity contribution in [3.8, 4) is 0 Å². The Morgan fingerprint density at radius 2 is 1.92 bits per heavy atom. The quantitative estimate of drug-likeness (QED) is 0.775. The Kier molecular flexibility index (Phi) is 6.48. The maximum absolute atomic E-state index is 13.0. The second-order valence-electron chi connectivity index (χ2n) is 7.09. The summed E-state index contributed by atoms with van der Waals surface area (Å²) in [6.07, 6.45) is 10.1. The Balaban J connectivity index is 1.64. The van der Waals surface area contributed by atoms with E-state index < -0.39 is 16.1 Å². The Morgan fingerprint density at radius 3 is 2.65 bits per heavy atom. The van der Waals surface area contributed by atoms with Crippen molar-refractivity contribution in [2.24, 2.45) is 0 Å². The summed E-state index contributed by atoms with van der Waals surface area (Å²) in [6.45, 7) is 0.987. The molecule has 1 amide bonds. The molecule has 0 spiro atoms. The maximum Gasteiger partial charge on any atom is 0.243 e. The molecule has 1 atom stereocenters. The summed E-state index contributed by atoms with van der Waals surface area (Å²) in [6, 6.07) is 7.80. The highest BCUT2D eigenvalue weighted by Gasteiger charge is 2.37. The molecule has 1 N–H and O–H groups in total. The molecule has 0 aromatic heterocycles. The van der Waals surface area contributed by atoms with E-state index in [1.165, 1.54) is 22.7 Å². The van der Waals surface area contributed by atoms with Crippen molar-refractivity contribution in [1.29, 1.82) is 0 Å². The van der Waals surface area contributed by atoms with Crippen LogP contribution in [-0.2, 0) is 14.8 Å². The molecule has 1 saturated heterocycles. The minimum atomic E-state index is -3.64. The van der Waals surface area contributed by atoms with Crippen LogP contribution in [0.2, 0.25) is 0 Å². The van der Waals surface area contributed by atoms with E-state index >= 15 is 0 Å². The minimum Gasteiger partial charge on any atom is -0.354 e. The number of nitrogens with zero attached hydrogens (tertiary/aromatic N) is 1. The summed E-state index contributed by atoms with van der Waals surface area (Å²) in [4.78, 5) is 12.9. The van der Waals surface area contributed by atoms with Gasteiger partial charge in [-0.2, -0.15) is 4.31 Å². The van der Waals surface area contributed by atoms with E-state index in [4.69, 9.17) is 0 Å². The highest BCUT2D eigenvalue weighted by molar-refractivity contribution is 7.89. The molecule has 5 nitrogen and oxygen atoms in total. The number of sulfonamides is 1. The summed E-state index contributed by atoms with van der Waals surface area (Å²) < 4.78 is 27.3. The number of amides is 1. The summed E-state index contributed by atoms with van der Waals surface area (Å²) in [7, 11) is -3.64. The highest BCUT2D eigenvalue weighted by atomic mass is 32.2. The van der Waals surface area contributed by atoms with Gasteiger partial charge in [0.15, 0.2) is 0 Å². The zero-order valence-electron chi connectivity index (χ0n) is 15.2. The fourth-order valence-electron chi connectivity index (χ4n) is 3.78. The second kappa shape index (κ2) is 8.82. The average Bonchev–Trinajstić information content (AvgIpc) is 2.69. The first kappa shape index (κ1) is 19.1. The lowest BCUT2D eigenvalue weighted by molar-refractivity contribution is -0.125. The molecule has 2 aliphatic rings. The maximum atomic E-state index is 13.0.